The molecule has 1 aliphatic heterocycles. The normalized spacial score (nSPS) is 16.1. The number of rotatable bonds is 8. The molecule has 2 aromatic heterocycles. The van der Waals surface area contributed by atoms with Gasteiger partial charge in [0, 0.05) is 55.7 Å². The van der Waals surface area contributed by atoms with Gasteiger partial charge in [-0.05, 0) is 66.8 Å². The molecule has 7 heteroatoms. The predicted octanol–water partition coefficient (Wildman–Crippen LogP) is 3.65. The molecule has 6 nitrogen and oxygen atoms in total. The first-order valence-corrected chi connectivity index (χ1v) is 11.5. The molecule has 1 aliphatic rings. The summed E-state index contributed by atoms with van der Waals surface area (Å²) < 4.78 is 2.06. The molecule has 1 atom stereocenters. The molecule has 0 spiro atoms. The molecule has 32 heavy (non-hydrogen) atoms. The summed E-state index contributed by atoms with van der Waals surface area (Å²) in [6, 6.07) is 15.6. The van der Waals surface area contributed by atoms with Gasteiger partial charge in [0.1, 0.15) is 6.23 Å². The standard InChI is InChI=1S/C25H29ClN4O2/c26-22-5-3-20(4-6-22)18-30-15-1-2-23(30)25(32)29-16-10-21(11-17-29)24(31)28-14-9-19-7-12-27-13-8-19/h1-8,12-13,15,21,25,32H,9-11,14,16-18H2,(H,28,31). The van der Waals surface area contributed by atoms with Gasteiger partial charge >= 0.3 is 0 Å². The van der Waals surface area contributed by atoms with E-state index in [2.05, 4.69) is 19.8 Å². The average Bonchev–Trinajstić information content (AvgIpc) is 3.29. The van der Waals surface area contributed by atoms with Crippen LogP contribution in [-0.4, -0.2) is 45.1 Å². The molecular weight excluding hydrogens is 424 g/mol. The molecule has 168 valence electrons. The number of hydrogen-bond donors (Lipinski definition) is 2. The maximum absolute atomic E-state index is 12.6. The number of pyridine rings is 1. The fourth-order valence-electron chi connectivity index (χ4n) is 4.21. The Labute approximate surface area is 193 Å². The maximum atomic E-state index is 12.6. The second kappa shape index (κ2) is 10.8. The van der Waals surface area contributed by atoms with E-state index in [1.54, 1.807) is 12.4 Å². The van der Waals surface area contributed by atoms with Crippen molar-refractivity contribution in [2.24, 2.45) is 5.92 Å². The minimum Gasteiger partial charge on any atom is -0.373 e. The van der Waals surface area contributed by atoms with E-state index in [0.29, 0.717) is 31.2 Å². The number of hydrogen-bond acceptors (Lipinski definition) is 4. The van der Waals surface area contributed by atoms with Crippen LogP contribution in [0, 0.1) is 5.92 Å². The number of likely N-dealkylation sites (tertiary alicyclic amines) is 1. The lowest BCUT2D eigenvalue weighted by Crippen LogP contribution is -2.42. The van der Waals surface area contributed by atoms with E-state index >= 15 is 0 Å². The number of nitrogens with zero attached hydrogens (tertiary/aromatic N) is 3. The molecule has 0 saturated carbocycles. The van der Waals surface area contributed by atoms with Crippen LogP contribution >= 0.6 is 11.6 Å². The molecular formula is C25H29ClN4O2. The molecule has 1 amide bonds. The van der Waals surface area contributed by atoms with E-state index in [-0.39, 0.29) is 11.8 Å². The number of aromatic nitrogens is 2. The second-order valence-corrected chi connectivity index (χ2v) is 8.70. The van der Waals surface area contributed by atoms with Crippen molar-refractivity contribution >= 4 is 17.5 Å². The highest BCUT2D eigenvalue weighted by atomic mass is 35.5. The highest BCUT2D eigenvalue weighted by Crippen LogP contribution is 2.26. The predicted molar refractivity (Wildman–Crippen MR) is 125 cm³/mol. The van der Waals surface area contributed by atoms with Crippen molar-refractivity contribution in [3.63, 3.8) is 0 Å². The number of benzene rings is 1. The van der Waals surface area contributed by atoms with Gasteiger partial charge in [0.2, 0.25) is 5.91 Å². The Morgan fingerprint density at radius 2 is 1.81 bits per heavy atom. The summed E-state index contributed by atoms with van der Waals surface area (Å²) in [7, 11) is 0. The molecule has 0 aliphatic carbocycles. The Morgan fingerprint density at radius 3 is 2.53 bits per heavy atom. The fourth-order valence-corrected chi connectivity index (χ4v) is 4.34. The lowest BCUT2D eigenvalue weighted by atomic mass is 9.95. The number of amides is 1. The molecule has 3 aromatic rings. The Kier molecular flexibility index (Phi) is 7.58. The number of carbonyl (C=O) groups is 1. The summed E-state index contributed by atoms with van der Waals surface area (Å²) >= 11 is 5.98. The monoisotopic (exact) mass is 452 g/mol. The minimum atomic E-state index is -0.687. The third kappa shape index (κ3) is 5.76. The molecule has 1 aromatic carbocycles. The number of piperidine rings is 1. The van der Waals surface area contributed by atoms with E-state index in [1.807, 2.05) is 54.7 Å². The van der Waals surface area contributed by atoms with Crippen molar-refractivity contribution in [1.82, 2.24) is 19.8 Å². The summed E-state index contributed by atoms with van der Waals surface area (Å²) in [4.78, 5) is 18.6. The Balaban J connectivity index is 1.26. The van der Waals surface area contributed by atoms with Crippen LogP contribution < -0.4 is 5.32 Å². The third-order valence-corrected chi connectivity index (χ3v) is 6.36. The lowest BCUT2D eigenvalue weighted by Gasteiger charge is -2.35. The van der Waals surface area contributed by atoms with Gasteiger partial charge < -0.3 is 15.0 Å². The van der Waals surface area contributed by atoms with Gasteiger partial charge in [0.05, 0.1) is 5.69 Å². The Hall–Kier alpha value is -2.67. The SMILES string of the molecule is O=C(NCCc1ccncc1)C1CCN(C(O)c2cccn2Cc2ccc(Cl)cc2)CC1. The number of nitrogens with one attached hydrogen (secondary N) is 1. The number of aliphatic hydroxyl groups excluding tert-OH is 1. The van der Waals surface area contributed by atoms with Crippen molar-refractivity contribution < 1.29 is 9.90 Å². The topological polar surface area (TPSA) is 70.4 Å². The first-order chi connectivity index (χ1) is 15.6. The van der Waals surface area contributed by atoms with Crippen LogP contribution in [0.2, 0.25) is 5.02 Å². The average molecular weight is 453 g/mol. The van der Waals surface area contributed by atoms with Crippen LogP contribution in [-0.2, 0) is 17.8 Å². The number of carbonyl (C=O) groups excluding carboxylic acids is 1. The van der Waals surface area contributed by atoms with E-state index in [9.17, 15) is 9.90 Å². The van der Waals surface area contributed by atoms with Crippen molar-refractivity contribution in [3.8, 4) is 0 Å². The van der Waals surface area contributed by atoms with E-state index in [0.717, 1.165) is 30.5 Å². The fraction of sp³-hybridized carbons (Fsp3) is 0.360. The van der Waals surface area contributed by atoms with E-state index in [4.69, 9.17) is 11.6 Å². The van der Waals surface area contributed by atoms with E-state index < -0.39 is 6.23 Å². The van der Waals surface area contributed by atoms with Crippen LogP contribution in [0.5, 0.6) is 0 Å². The van der Waals surface area contributed by atoms with Gasteiger partial charge in [0.25, 0.3) is 0 Å². The molecule has 1 fully saturated rings. The summed E-state index contributed by atoms with van der Waals surface area (Å²) in [5.74, 6) is 0.107. The maximum Gasteiger partial charge on any atom is 0.223 e. The zero-order valence-corrected chi connectivity index (χ0v) is 18.8. The van der Waals surface area contributed by atoms with Gasteiger partial charge in [-0.25, -0.2) is 0 Å². The van der Waals surface area contributed by atoms with Crippen molar-refractivity contribution in [2.75, 3.05) is 19.6 Å². The quantitative estimate of drug-likeness (QED) is 0.547. The molecule has 0 bridgehead atoms. The zero-order valence-electron chi connectivity index (χ0n) is 18.0. The van der Waals surface area contributed by atoms with Crippen LogP contribution in [0.4, 0.5) is 0 Å². The third-order valence-electron chi connectivity index (χ3n) is 6.10. The highest BCUT2D eigenvalue weighted by molar-refractivity contribution is 6.30. The summed E-state index contributed by atoms with van der Waals surface area (Å²) in [5.41, 5.74) is 3.15. The lowest BCUT2D eigenvalue weighted by molar-refractivity contribution is -0.127. The first-order valence-electron chi connectivity index (χ1n) is 11.1. The molecule has 2 N–H and O–H groups in total. The van der Waals surface area contributed by atoms with Crippen LogP contribution in [0.3, 0.4) is 0 Å². The Bertz CT molecular complexity index is 998. The minimum absolute atomic E-state index is 0.00302. The molecule has 1 unspecified atom stereocenters. The molecule has 4 rings (SSSR count). The second-order valence-electron chi connectivity index (χ2n) is 8.27. The van der Waals surface area contributed by atoms with Gasteiger partial charge in [-0.15, -0.1) is 0 Å². The van der Waals surface area contributed by atoms with Gasteiger partial charge in [-0.3, -0.25) is 14.7 Å². The molecule has 3 heterocycles. The van der Waals surface area contributed by atoms with Gasteiger partial charge in [-0.1, -0.05) is 23.7 Å². The van der Waals surface area contributed by atoms with Crippen LogP contribution in [0.1, 0.15) is 35.9 Å². The smallest absolute Gasteiger partial charge is 0.223 e. The van der Waals surface area contributed by atoms with Gasteiger partial charge in [-0.2, -0.15) is 0 Å². The van der Waals surface area contributed by atoms with Crippen LogP contribution in [0.25, 0.3) is 0 Å². The summed E-state index contributed by atoms with van der Waals surface area (Å²) in [5, 5.41) is 14.8. The van der Waals surface area contributed by atoms with Crippen LogP contribution in [0.15, 0.2) is 67.1 Å². The molecule has 0 radical (unpaired) electrons. The summed E-state index contributed by atoms with van der Waals surface area (Å²) in [6.07, 6.45) is 7.13. The number of halogens is 1. The Morgan fingerprint density at radius 1 is 1.09 bits per heavy atom. The van der Waals surface area contributed by atoms with Crippen molar-refractivity contribution in [2.45, 2.75) is 32.0 Å². The van der Waals surface area contributed by atoms with Crippen molar-refractivity contribution in [1.29, 1.82) is 0 Å². The van der Waals surface area contributed by atoms with Crippen molar-refractivity contribution in [3.05, 3.63) is 89.0 Å². The molecule has 1 saturated heterocycles. The summed E-state index contributed by atoms with van der Waals surface area (Å²) in [6.45, 7) is 2.68. The first kappa shape index (κ1) is 22.5. The largest absolute Gasteiger partial charge is 0.373 e. The number of aliphatic hydroxyl groups is 1. The van der Waals surface area contributed by atoms with E-state index in [1.165, 1.54) is 5.56 Å². The zero-order chi connectivity index (χ0) is 22.3. The van der Waals surface area contributed by atoms with Gasteiger partial charge in [0.15, 0.2) is 0 Å². The highest BCUT2D eigenvalue weighted by Gasteiger charge is 2.29.